The molecule has 0 radical (unpaired) electrons. The molecule has 2 aromatic heterocycles. The predicted molar refractivity (Wildman–Crippen MR) is 94.4 cm³/mol. The first-order valence-electron chi connectivity index (χ1n) is 7.46. The number of thiophene rings is 1. The number of urea groups is 1. The van der Waals surface area contributed by atoms with E-state index in [0.29, 0.717) is 13.1 Å². The van der Waals surface area contributed by atoms with Crippen LogP contribution in [0.1, 0.15) is 10.6 Å². The lowest BCUT2D eigenvalue weighted by Gasteiger charge is -2.23. The van der Waals surface area contributed by atoms with Gasteiger partial charge in [0.1, 0.15) is 0 Å². The molecule has 0 aliphatic heterocycles. The smallest absolute Gasteiger partial charge is 0.322 e. The predicted octanol–water partition coefficient (Wildman–Crippen LogP) is 4.32. The molecule has 1 aromatic carbocycles. The summed E-state index contributed by atoms with van der Waals surface area (Å²) in [6, 6.07) is 17.5. The van der Waals surface area contributed by atoms with Gasteiger partial charge in [0.2, 0.25) is 0 Å². The molecule has 118 valence electrons. The monoisotopic (exact) mass is 325 g/mol. The van der Waals surface area contributed by atoms with Crippen LogP contribution in [0.15, 0.2) is 66.2 Å². The van der Waals surface area contributed by atoms with Crippen molar-refractivity contribution >= 4 is 23.1 Å². The normalized spacial score (nSPS) is 10.5. The minimum absolute atomic E-state index is 0.0919. The molecular formula is C18H19N3OS. The van der Waals surface area contributed by atoms with E-state index in [0.717, 1.165) is 11.4 Å². The van der Waals surface area contributed by atoms with E-state index >= 15 is 0 Å². The Morgan fingerprint density at radius 1 is 1.09 bits per heavy atom. The van der Waals surface area contributed by atoms with Crippen LogP contribution in [-0.2, 0) is 20.1 Å². The third-order valence-electron chi connectivity index (χ3n) is 3.64. The molecule has 3 rings (SSSR count). The van der Waals surface area contributed by atoms with E-state index in [-0.39, 0.29) is 6.03 Å². The number of nitrogens with one attached hydrogen (secondary N) is 1. The molecule has 0 spiro atoms. The Kier molecular flexibility index (Phi) is 4.78. The lowest BCUT2D eigenvalue weighted by Crippen LogP contribution is -2.34. The Morgan fingerprint density at radius 3 is 2.57 bits per heavy atom. The number of carbonyl (C=O) groups is 1. The number of aryl methyl sites for hydroxylation is 1. The van der Waals surface area contributed by atoms with Gasteiger partial charge in [0.15, 0.2) is 0 Å². The molecule has 0 fully saturated rings. The molecule has 0 bridgehead atoms. The molecule has 0 unspecified atom stereocenters. The fraction of sp³-hybridized carbons (Fsp3) is 0.167. The molecule has 0 saturated carbocycles. The summed E-state index contributed by atoms with van der Waals surface area (Å²) in [5.74, 6) is 0. The van der Waals surface area contributed by atoms with Crippen molar-refractivity contribution in [1.29, 1.82) is 0 Å². The van der Waals surface area contributed by atoms with Crippen LogP contribution in [-0.4, -0.2) is 15.5 Å². The second kappa shape index (κ2) is 7.15. The molecule has 3 aromatic rings. The van der Waals surface area contributed by atoms with Crippen LogP contribution in [0.4, 0.5) is 10.5 Å². The first-order chi connectivity index (χ1) is 11.2. The molecule has 0 aliphatic rings. The third kappa shape index (κ3) is 4.02. The highest BCUT2D eigenvalue weighted by molar-refractivity contribution is 7.09. The highest BCUT2D eigenvalue weighted by Crippen LogP contribution is 2.16. The van der Waals surface area contributed by atoms with Gasteiger partial charge >= 0.3 is 6.03 Å². The van der Waals surface area contributed by atoms with Gasteiger partial charge in [-0.05, 0) is 35.7 Å². The number of carbonyl (C=O) groups excluding carboxylic acids is 1. The summed E-state index contributed by atoms with van der Waals surface area (Å²) in [5.41, 5.74) is 1.91. The highest BCUT2D eigenvalue weighted by atomic mass is 32.1. The summed E-state index contributed by atoms with van der Waals surface area (Å²) in [5, 5.41) is 5.00. The Hall–Kier alpha value is -2.53. The molecule has 0 atom stereocenters. The molecular weight excluding hydrogens is 306 g/mol. The van der Waals surface area contributed by atoms with E-state index in [1.54, 1.807) is 11.3 Å². The lowest BCUT2D eigenvalue weighted by molar-refractivity contribution is 0.205. The van der Waals surface area contributed by atoms with Crippen molar-refractivity contribution in [1.82, 2.24) is 9.47 Å². The van der Waals surface area contributed by atoms with Crippen LogP contribution in [0.3, 0.4) is 0 Å². The van der Waals surface area contributed by atoms with Crippen LogP contribution in [0.25, 0.3) is 0 Å². The Balaban J connectivity index is 1.76. The van der Waals surface area contributed by atoms with Gasteiger partial charge in [-0.25, -0.2) is 4.79 Å². The number of rotatable bonds is 5. The van der Waals surface area contributed by atoms with Crippen LogP contribution in [0, 0.1) is 0 Å². The largest absolute Gasteiger partial charge is 0.353 e. The van der Waals surface area contributed by atoms with Gasteiger partial charge in [0.25, 0.3) is 0 Å². The first-order valence-corrected chi connectivity index (χ1v) is 8.34. The van der Waals surface area contributed by atoms with E-state index in [9.17, 15) is 4.79 Å². The summed E-state index contributed by atoms with van der Waals surface area (Å²) in [6.07, 6.45) is 1.99. The average Bonchev–Trinajstić information content (AvgIpc) is 3.20. The van der Waals surface area contributed by atoms with Crippen molar-refractivity contribution in [2.24, 2.45) is 7.05 Å². The van der Waals surface area contributed by atoms with Crippen LogP contribution < -0.4 is 5.32 Å². The van der Waals surface area contributed by atoms with Gasteiger partial charge in [-0.1, -0.05) is 24.3 Å². The fourth-order valence-corrected chi connectivity index (χ4v) is 3.09. The summed E-state index contributed by atoms with van der Waals surface area (Å²) in [4.78, 5) is 15.7. The van der Waals surface area contributed by atoms with Crippen molar-refractivity contribution in [3.05, 3.63) is 76.7 Å². The van der Waals surface area contributed by atoms with Crippen molar-refractivity contribution in [2.75, 3.05) is 5.32 Å². The zero-order valence-electron chi connectivity index (χ0n) is 13.0. The Labute approximate surface area is 140 Å². The topological polar surface area (TPSA) is 37.3 Å². The molecule has 0 aliphatic carbocycles. The maximum absolute atomic E-state index is 12.7. The van der Waals surface area contributed by atoms with Gasteiger partial charge < -0.3 is 14.8 Å². The standard InChI is InChI=1S/C18H19N3OS/c1-20-11-5-9-16(20)13-21(14-17-10-6-12-23-17)18(22)19-15-7-3-2-4-8-15/h2-12H,13-14H2,1H3,(H,19,22). The fourth-order valence-electron chi connectivity index (χ4n) is 2.37. The number of nitrogens with zero attached hydrogens (tertiary/aromatic N) is 2. The molecule has 0 saturated heterocycles. The van der Waals surface area contributed by atoms with Crippen LogP contribution >= 0.6 is 11.3 Å². The van der Waals surface area contributed by atoms with Crippen molar-refractivity contribution < 1.29 is 4.79 Å². The molecule has 1 N–H and O–H groups in total. The summed E-state index contributed by atoms with van der Waals surface area (Å²) in [7, 11) is 1.99. The summed E-state index contributed by atoms with van der Waals surface area (Å²) < 4.78 is 2.04. The number of para-hydroxylation sites is 1. The Bertz CT molecular complexity index is 750. The van der Waals surface area contributed by atoms with Crippen molar-refractivity contribution in [2.45, 2.75) is 13.1 Å². The van der Waals surface area contributed by atoms with E-state index in [1.165, 1.54) is 4.88 Å². The van der Waals surface area contributed by atoms with E-state index in [2.05, 4.69) is 11.4 Å². The minimum atomic E-state index is -0.0919. The van der Waals surface area contributed by atoms with E-state index < -0.39 is 0 Å². The molecule has 5 heteroatoms. The number of amides is 2. The van der Waals surface area contributed by atoms with Gasteiger partial charge in [-0.3, -0.25) is 0 Å². The van der Waals surface area contributed by atoms with Gasteiger partial charge in [0, 0.05) is 29.5 Å². The molecule has 4 nitrogen and oxygen atoms in total. The molecule has 23 heavy (non-hydrogen) atoms. The van der Waals surface area contributed by atoms with E-state index in [1.807, 2.05) is 76.6 Å². The Morgan fingerprint density at radius 2 is 1.91 bits per heavy atom. The van der Waals surface area contributed by atoms with Gasteiger partial charge in [0.05, 0.1) is 13.1 Å². The summed E-state index contributed by atoms with van der Waals surface area (Å²) >= 11 is 1.66. The lowest BCUT2D eigenvalue weighted by atomic mass is 10.3. The third-order valence-corrected chi connectivity index (χ3v) is 4.50. The molecule has 2 heterocycles. The summed E-state index contributed by atoms with van der Waals surface area (Å²) in [6.45, 7) is 1.17. The molecule has 2 amide bonds. The second-order valence-electron chi connectivity index (χ2n) is 5.34. The van der Waals surface area contributed by atoms with E-state index in [4.69, 9.17) is 0 Å². The van der Waals surface area contributed by atoms with Crippen LogP contribution in [0.2, 0.25) is 0 Å². The zero-order chi connectivity index (χ0) is 16.1. The highest BCUT2D eigenvalue weighted by Gasteiger charge is 2.16. The first kappa shape index (κ1) is 15.4. The number of hydrogen-bond donors (Lipinski definition) is 1. The minimum Gasteiger partial charge on any atom is -0.353 e. The average molecular weight is 325 g/mol. The number of anilines is 1. The SMILES string of the molecule is Cn1cccc1CN(Cc1cccs1)C(=O)Nc1ccccc1. The van der Waals surface area contributed by atoms with Gasteiger partial charge in [-0.15, -0.1) is 11.3 Å². The van der Waals surface area contributed by atoms with Crippen molar-refractivity contribution in [3.8, 4) is 0 Å². The van der Waals surface area contributed by atoms with Crippen molar-refractivity contribution in [3.63, 3.8) is 0 Å². The second-order valence-corrected chi connectivity index (χ2v) is 6.37. The zero-order valence-corrected chi connectivity index (χ0v) is 13.8. The maximum Gasteiger partial charge on any atom is 0.322 e. The quantitative estimate of drug-likeness (QED) is 0.745. The number of aromatic nitrogens is 1. The maximum atomic E-state index is 12.7. The number of hydrogen-bond acceptors (Lipinski definition) is 2. The van der Waals surface area contributed by atoms with Crippen LogP contribution in [0.5, 0.6) is 0 Å². The number of benzene rings is 1. The van der Waals surface area contributed by atoms with Gasteiger partial charge in [-0.2, -0.15) is 0 Å².